The van der Waals surface area contributed by atoms with Gasteiger partial charge in [0.05, 0.1) is 17.6 Å². The summed E-state index contributed by atoms with van der Waals surface area (Å²) in [7, 11) is 1.93. The summed E-state index contributed by atoms with van der Waals surface area (Å²) in [6, 6.07) is 15.2. The lowest BCUT2D eigenvalue weighted by atomic mass is 9.73. The minimum atomic E-state index is -0.819. The quantitative estimate of drug-likeness (QED) is 0.443. The molecule has 1 saturated carbocycles. The van der Waals surface area contributed by atoms with Crippen molar-refractivity contribution in [2.24, 2.45) is 17.5 Å². The van der Waals surface area contributed by atoms with E-state index in [1.165, 1.54) is 4.90 Å². The zero-order valence-electron chi connectivity index (χ0n) is 21.9. The molecule has 4 aliphatic rings. The third-order valence-corrected chi connectivity index (χ3v) is 8.70. The first-order valence-corrected chi connectivity index (χ1v) is 13.3. The van der Waals surface area contributed by atoms with Gasteiger partial charge in [-0.1, -0.05) is 18.2 Å². The van der Waals surface area contributed by atoms with E-state index in [4.69, 9.17) is 4.99 Å². The highest BCUT2D eigenvalue weighted by molar-refractivity contribution is 6.16. The second-order valence-electron chi connectivity index (χ2n) is 11.6. The van der Waals surface area contributed by atoms with Crippen molar-refractivity contribution in [3.05, 3.63) is 77.6 Å². The summed E-state index contributed by atoms with van der Waals surface area (Å²) in [5.74, 6) is 1.78. The van der Waals surface area contributed by atoms with Gasteiger partial charge in [0.2, 0.25) is 0 Å². The van der Waals surface area contributed by atoms with E-state index in [0.29, 0.717) is 13.1 Å². The van der Waals surface area contributed by atoms with Gasteiger partial charge in [0, 0.05) is 67.2 Å². The second kappa shape index (κ2) is 7.56. The molecule has 0 atom stereocenters. The molecule has 1 aliphatic carbocycles. The van der Waals surface area contributed by atoms with Gasteiger partial charge in [0.15, 0.2) is 5.82 Å². The number of likely N-dealkylation sites (tertiary alicyclic amines) is 1. The maximum absolute atomic E-state index is 11.2. The van der Waals surface area contributed by atoms with Crippen molar-refractivity contribution in [1.82, 2.24) is 29.4 Å². The van der Waals surface area contributed by atoms with Crippen molar-refractivity contribution in [3.63, 3.8) is 0 Å². The number of carboxylic acid groups (broad SMARTS) is 1. The van der Waals surface area contributed by atoms with E-state index in [1.807, 2.05) is 31.0 Å². The standard InChI is InChI=1S/C29H28N8O2/c1-18-32-33-26-29(9-10-29)31-25(23-11-20(5-8-24(23)37(18)26)21-12-30-34(2)13-21)19-3-6-22(7-4-19)35-14-28(15-35)16-36(17-28)27(38)39/h3-8,11-13H,9-10,14-17H2,1-2H3,(H,38,39). The van der Waals surface area contributed by atoms with Crippen LogP contribution in [0.3, 0.4) is 0 Å². The van der Waals surface area contributed by atoms with Gasteiger partial charge < -0.3 is 14.9 Å². The average Bonchev–Trinajstić information content (AvgIpc) is 3.39. The van der Waals surface area contributed by atoms with E-state index < -0.39 is 6.09 Å². The first-order chi connectivity index (χ1) is 18.8. The van der Waals surface area contributed by atoms with Crippen molar-refractivity contribution in [2.45, 2.75) is 25.3 Å². The number of benzene rings is 2. The summed E-state index contributed by atoms with van der Waals surface area (Å²) in [6.07, 6.45) is 5.01. The van der Waals surface area contributed by atoms with Crippen molar-refractivity contribution in [1.29, 1.82) is 0 Å². The molecule has 2 aromatic carbocycles. The average molecular weight is 521 g/mol. The topological polar surface area (TPSA) is 105 Å². The first-order valence-electron chi connectivity index (χ1n) is 13.3. The van der Waals surface area contributed by atoms with Crippen LogP contribution < -0.4 is 4.90 Å². The summed E-state index contributed by atoms with van der Waals surface area (Å²) in [4.78, 5) is 20.4. The predicted octanol–water partition coefficient (Wildman–Crippen LogP) is 3.62. The number of aromatic nitrogens is 5. The highest BCUT2D eigenvalue weighted by Gasteiger charge is 2.53. The Kier molecular flexibility index (Phi) is 4.36. The van der Waals surface area contributed by atoms with Crippen molar-refractivity contribution in [3.8, 4) is 16.8 Å². The number of aliphatic imine (C=N–C) groups is 1. The lowest BCUT2D eigenvalue weighted by molar-refractivity contribution is -0.00941. The molecule has 3 aliphatic heterocycles. The number of carbonyl (C=O) groups is 1. The highest BCUT2D eigenvalue weighted by Crippen LogP contribution is 2.52. The van der Waals surface area contributed by atoms with E-state index in [9.17, 15) is 9.90 Å². The van der Waals surface area contributed by atoms with Gasteiger partial charge in [-0.25, -0.2) is 4.79 Å². The molecule has 2 spiro atoms. The van der Waals surface area contributed by atoms with Gasteiger partial charge in [-0.05, 0) is 49.6 Å². The van der Waals surface area contributed by atoms with Crippen LogP contribution in [0.25, 0.3) is 16.8 Å². The minimum Gasteiger partial charge on any atom is -0.465 e. The molecule has 0 unspecified atom stereocenters. The fourth-order valence-corrected chi connectivity index (χ4v) is 6.50. The number of aryl methyl sites for hydroxylation is 2. The Labute approximate surface area is 225 Å². The molecule has 10 nitrogen and oxygen atoms in total. The van der Waals surface area contributed by atoms with Crippen molar-refractivity contribution >= 4 is 17.5 Å². The SMILES string of the molecule is Cc1nnc2n1-c1ccc(-c3cnn(C)c3)cc1C(c1ccc(N3CC4(CN(C(=O)O)C4)C3)cc1)=NC21CC1. The third-order valence-electron chi connectivity index (χ3n) is 8.70. The van der Waals surface area contributed by atoms with E-state index in [0.717, 1.165) is 76.9 Å². The normalized spacial score (nSPS) is 19.6. The van der Waals surface area contributed by atoms with Crippen LogP contribution in [0.1, 0.15) is 35.6 Å². The Balaban J connectivity index is 1.17. The number of fused-ring (bicyclic) bond motifs is 4. The van der Waals surface area contributed by atoms with Crippen LogP contribution in [0.4, 0.5) is 10.5 Å². The van der Waals surface area contributed by atoms with Gasteiger partial charge >= 0.3 is 6.09 Å². The number of nitrogens with zero attached hydrogens (tertiary/aromatic N) is 8. The molecule has 1 amide bonds. The molecule has 4 aromatic rings. The van der Waals surface area contributed by atoms with Gasteiger partial charge in [0.1, 0.15) is 11.4 Å². The van der Waals surface area contributed by atoms with E-state index in [1.54, 1.807) is 0 Å². The van der Waals surface area contributed by atoms with Crippen LogP contribution in [0.2, 0.25) is 0 Å². The first kappa shape index (κ1) is 22.5. The van der Waals surface area contributed by atoms with E-state index >= 15 is 0 Å². The number of amides is 1. The van der Waals surface area contributed by atoms with E-state index in [2.05, 4.69) is 67.2 Å². The van der Waals surface area contributed by atoms with Gasteiger partial charge in [-0.2, -0.15) is 5.10 Å². The predicted molar refractivity (Wildman–Crippen MR) is 146 cm³/mol. The van der Waals surface area contributed by atoms with Gasteiger partial charge in [-0.15, -0.1) is 10.2 Å². The van der Waals surface area contributed by atoms with Crippen molar-refractivity contribution in [2.75, 3.05) is 31.1 Å². The molecule has 10 heteroatoms. The van der Waals surface area contributed by atoms with E-state index in [-0.39, 0.29) is 11.0 Å². The highest BCUT2D eigenvalue weighted by atomic mass is 16.4. The smallest absolute Gasteiger partial charge is 0.407 e. The van der Waals surface area contributed by atoms with Crippen LogP contribution >= 0.6 is 0 Å². The fourth-order valence-electron chi connectivity index (χ4n) is 6.50. The van der Waals surface area contributed by atoms with Crippen molar-refractivity contribution < 1.29 is 9.90 Å². The maximum Gasteiger partial charge on any atom is 0.407 e. The molecular weight excluding hydrogens is 492 g/mol. The Morgan fingerprint density at radius 2 is 1.69 bits per heavy atom. The maximum atomic E-state index is 11.2. The number of anilines is 1. The zero-order chi connectivity index (χ0) is 26.5. The minimum absolute atomic E-state index is 0.120. The summed E-state index contributed by atoms with van der Waals surface area (Å²) in [5, 5.41) is 22.6. The van der Waals surface area contributed by atoms with Crippen LogP contribution in [0, 0.1) is 12.3 Å². The Bertz CT molecular complexity index is 1680. The molecular formula is C29H28N8O2. The Morgan fingerprint density at radius 3 is 2.36 bits per heavy atom. The second-order valence-corrected chi connectivity index (χ2v) is 11.6. The monoisotopic (exact) mass is 520 g/mol. The molecule has 1 N–H and O–H groups in total. The molecule has 196 valence electrons. The number of hydrogen-bond donors (Lipinski definition) is 1. The zero-order valence-corrected chi connectivity index (χ0v) is 21.9. The lowest BCUT2D eigenvalue weighted by Crippen LogP contribution is -2.73. The molecule has 2 saturated heterocycles. The van der Waals surface area contributed by atoms with Crippen LogP contribution in [0.15, 0.2) is 59.9 Å². The molecule has 2 aromatic heterocycles. The van der Waals surface area contributed by atoms with Gasteiger partial charge in [-0.3, -0.25) is 14.2 Å². The molecule has 5 heterocycles. The summed E-state index contributed by atoms with van der Waals surface area (Å²) >= 11 is 0. The summed E-state index contributed by atoms with van der Waals surface area (Å²) < 4.78 is 4.00. The molecule has 0 bridgehead atoms. The Hall–Kier alpha value is -4.47. The van der Waals surface area contributed by atoms with Crippen LogP contribution in [-0.4, -0.2) is 72.5 Å². The lowest BCUT2D eigenvalue weighted by Gasteiger charge is -2.60. The molecule has 3 fully saturated rings. The molecule has 8 rings (SSSR count). The summed E-state index contributed by atoms with van der Waals surface area (Å²) in [5.41, 5.74) is 7.24. The van der Waals surface area contributed by atoms with Gasteiger partial charge in [0.25, 0.3) is 0 Å². The largest absolute Gasteiger partial charge is 0.465 e. The summed E-state index contributed by atoms with van der Waals surface area (Å²) in [6.45, 7) is 5.06. The molecule has 39 heavy (non-hydrogen) atoms. The number of rotatable bonds is 3. The number of hydrogen-bond acceptors (Lipinski definition) is 6. The fraction of sp³-hybridized carbons (Fsp3) is 0.345. The Morgan fingerprint density at radius 1 is 0.949 bits per heavy atom. The van der Waals surface area contributed by atoms with Crippen LogP contribution in [0.5, 0.6) is 0 Å². The van der Waals surface area contributed by atoms with Crippen LogP contribution in [-0.2, 0) is 12.6 Å². The third kappa shape index (κ3) is 3.30. The molecule has 0 radical (unpaired) electrons.